The Labute approximate surface area is 201 Å². The fraction of sp³-hybridized carbons (Fsp3) is 0.269. The molecule has 0 fully saturated rings. The van der Waals surface area contributed by atoms with E-state index < -0.39 is 22.0 Å². The third-order valence-corrected chi connectivity index (χ3v) is 7.29. The SMILES string of the molecule is COc1ccc(OC)c([C@H](C)NC(=O)CN(c2ccc(C)cc2)S(=O)(=O)c2ccc(C)cc2)c1. The molecule has 0 aliphatic carbocycles. The number of anilines is 1. The summed E-state index contributed by atoms with van der Waals surface area (Å²) in [6.45, 7) is 5.23. The summed E-state index contributed by atoms with van der Waals surface area (Å²) in [5.41, 5.74) is 3.06. The summed E-state index contributed by atoms with van der Waals surface area (Å²) in [4.78, 5) is 13.2. The van der Waals surface area contributed by atoms with Crippen molar-refractivity contribution in [1.82, 2.24) is 5.32 Å². The molecule has 1 atom stereocenters. The van der Waals surface area contributed by atoms with Crippen molar-refractivity contribution in [2.24, 2.45) is 0 Å². The smallest absolute Gasteiger partial charge is 0.264 e. The highest BCUT2D eigenvalue weighted by Gasteiger charge is 2.28. The molecule has 1 amide bonds. The van der Waals surface area contributed by atoms with Gasteiger partial charge in [0, 0.05) is 5.56 Å². The van der Waals surface area contributed by atoms with Crippen molar-refractivity contribution in [2.75, 3.05) is 25.1 Å². The Hall–Kier alpha value is -3.52. The maximum atomic E-state index is 13.5. The van der Waals surface area contributed by atoms with Crippen molar-refractivity contribution in [2.45, 2.75) is 31.7 Å². The monoisotopic (exact) mass is 482 g/mol. The van der Waals surface area contributed by atoms with Gasteiger partial charge in [0.25, 0.3) is 10.0 Å². The van der Waals surface area contributed by atoms with Crippen LogP contribution in [-0.2, 0) is 14.8 Å². The topological polar surface area (TPSA) is 84.9 Å². The summed E-state index contributed by atoms with van der Waals surface area (Å²) in [5, 5.41) is 2.89. The predicted molar refractivity (Wildman–Crippen MR) is 133 cm³/mol. The first-order valence-electron chi connectivity index (χ1n) is 10.8. The number of methoxy groups -OCH3 is 2. The van der Waals surface area contributed by atoms with Crippen LogP contribution in [0.25, 0.3) is 0 Å². The number of rotatable bonds is 9. The van der Waals surface area contributed by atoms with Gasteiger partial charge in [-0.25, -0.2) is 8.42 Å². The van der Waals surface area contributed by atoms with Gasteiger partial charge in [-0.1, -0.05) is 35.4 Å². The predicted octanol–water partition coefficient (Wildman–Crippen LogP) is 4.39. The van der Waals surface area contributed by atoms with Crippen molar-refractivity contribution in [1.29, 1.82) is 0 Å². The van der Waals surface area contributed by atoms with Crippen molar-refractivity contribution < 1.29 is 22.7 Å². The molecule has 34 heavy (non-hydrogen) atoms. The number of nitrogens with zero attached hydrogens (tertiary/aromatic N) is 1. The lowest BCUT2D eigenvalue weighted by Gasteiger charge is -2.25. The third kappa shape index (κ3) is 5.69. The van der Waals surface area contributed by atoms with E-state index in [0.29, 0.717) is 17.2 Å². The second-order valence-corrected chi connectivity index (χ2v) is 9.92. The van der Waals surface area contributed by atoms with Gasteiger partial charge in [-0.15, -0.1) is 0 Å². The fourth-order valence-corrected chi connectivity index (χ4v) is 4.96. The zero-order valence-electron chi connectivity index (χ0n) is 20.0. The van der Waals surface area contributed by atoms with E-state index in [1.165, 1.54) is 0 Å². The molecule has 0 aliphatic rings. The van der Waals surface area contributed by atoms with Gasteiger partial charge in [-0.05, 0) is 63.2 Å². The lowest BCUT2D eigenvalue weighted by atomic mass is 10.1. The lowest BCUT2D eigenvalue weighted by molar-refractivity contribution is -0.120. The number of benzene rings is 3. The summed E-state index contributed by atoms with van der Waals surface area (Å²) in [5.74, 6) is 0.769. The van der Waals surface area contributed by atoms with E-state index in [-0.39, 0.29) is 11.4 Å². The Balaban J connectivity index is 1.90. The van der Waals surface area contributed by atoms with E-state index in [0.717, 1.165) is 21.0 Å². The summed E-state index contributed by atoms with van der Waals surface area (Å²) in [7, 11) is -0.866. The van der Waals surface area contributed by atoms with Gasteiger partial charge in [0.1, 0.15) is 18.0 Å². The largest absolute Gasteiger partial charge is 0.497 e. The van der Waals surface area contributed by atoms with Crippen molar-refractivity contribution in [3.63, 3.8) is 0 Å². The van der Waals surface area contributed by atoms with Gasteiger partial charge in [-0.2, -0.15) is 0 Å². The Bertz CT molecular complexity index is 1240. The first-order chi connectivity index (χ1) is 16.1. The number of ether oxygens (including phenoxy) is 2. The van der Waals surface area contributed by atoms with Gasteiger partial charge in [-0.3, -0.25) is 9.10 Å². The summed E-state index contributed by atoms with van der Waals surface area (Å²) in [6, 6.07) is 18.5. The van der Waals surface area contributed by atoms with Crippen LogP contribution in [0.3, 0.4) is 0 Å². The minimum absolute atomic E-state index is 0.119. The molecule has 0 radical (unpaired) electrons. The van der Waals surface area contributed by atoms with Crippen LogP contribution in [0.4, 0.5) is 5.69 Å². The number of aryl methyl sites for hydroxylation is 2. The standard InChI is InChI=1S/C26H30N2O5S/c1-18-6-10-21(11-7-18)28(34(30,31)23-13-8-19(2)9-14-23)17-26(29)27-20(3)24-16-22(32-4)12-15-25(24)33-5/h6-16,20H,17H2,1-5H3,(H,27,29)/t20-/m0/s1. The average Bonchev–Trinajstić information content (AvgIpc) is 2.83. The zero-order chi connectivity index (χ0) is 24.9. The van der Waals surface area contributed by atoms with Crippen LogP contribution in [-0.4, -0.2) is 35.1 Å². The molecule has 0 unspecified atom stereocenters. The number of carbonyl (C=O) groups excluding carboxylic acids is 1. The second-order valence-electron chi connectivity index (χ2n) is 8.06. The highest BCUT2D eigenvalue weighted by molar-refractivity contribution is 7.92. The highest BCUT2D eigenvalue weighted by atomic mass is 32.2. The van der Waals surface area contributed by atoms with E-state index in [2.05, 4.69) is 5.32 Å². The number of amides is 1. The fourth-order valence-electron chi connectivity index (χ4n) is 3.54. The van der Waals surface area contributed by atoms with E-state index in [1.54, 1.807) is 75.7 Å². The molecule has 8 heteroatoms. The van der Waals surface area contributed by atoms with Crippen LogP contribution in [0.15, 0.2) is 71.6 Å². The van der Waals surface area contributed by atoms with Gasteiger partial charge >= 0.3 is 0 Å². The van der Waals surface area contributed by atoms with Gasteiger partial charge < -0.3 is 14.8 Å². The van der Waals surface area contributed by atoms with Crippen molar-refractivity contribution in [3.05, 3.63) is 83.4 Å². The second kappa shape index (κ2) is 10.6. The molecule has 0 heterocycles. The van der Waals surface area contributed by atoms with Gasteiger partial charge in [0.2, 0.25) is 5.91 Å². The Morgan fingerprint density at radius 1 is 0.912 bits per heavy atom. The average molecular weight is 483 g/mol. The molecule has 0 aromatic heterocycles. The zero-order valence-corrected chi connectivity index (χ0v) is 20.8. The third-order valence-electron chi connectivity index (χ3n) is 5.50. The van der Waals surface area contributed by atoms with Gasteiger partial charge in [0.05, 0.1) is 30.8 Å². The van der Waals surface area contributed by atoms with E-state index in [1.807, 2.05) is 26.0 Å². The van der Waals surface area contributed by atoms with Crippen LogP contribution < -0.4 is 19.1 Å². The molecule has 0 bridgehead atoms. The molecule has 0 saturated heterocycles. The Morgan fingerprint density at radius 2 is 1.50 bits per heavy atom. The minimum atomic E-state index is -3.97. The summed E-state index contributed by atoms with van der Waals surface area (Å²) in [6.07, 6.45) is 0. The van der Waals surface area contributed by atoms with E-state index in [9.17, 15) is 13.2 Å². The molecule has 0 aliphatic heterocycles. The Kier molecular flexibility index (Phi) is 7.83. The minimum Gasteiger partial charge on any atom is -0.497 e. The number of nitrogens with one attached hydrogen (secondary N) is 1. The van der Waals surface area contributed by atoms with E-state index in [4.69, 9.17) is 9.47 Å². The molecular formula is C26H30N2O5S. The maximum absolute atomic E-state index is 13.5. The maximum Gasteiger partial charge on any atom is 0.264 e. The molecule has 3 aromatic rings. The lowest BCUT2D eigenvalue weighted by Crippen LogP contribution is -2.41. The van der Waals surface area contributed by atoms with Gasteiger partial charge in [0.15, 0.2) is 0 Å². The van der Waals surface area contributed by atoms with Crippen molar-refractivity contribution in [3.8, 4) is 11.5 Å². The van der Waals surface area contributed by atoms with Crippen LogP contribution in [0.2, 0.25) is 0 Å². The number of hydrogen-bond acceptors (Lipinski definition) is 5. The van der Waals surface area contributed by atoms with Crippen LogP contribution in [0.5, 0.6) is 11.5 Å². The number of sulfonamides is 1. The highest BCUT2D eigenvalue weighted by Crippen LogP contribution is 2.29. The van der Waals surface area contributed by atoms with Crippen molar-refractivity contribution >= 4 is 21.6 Å². The molecule has 180 valence electrons. The van der Waals surface area contributed by atoms with E-state index >= 15 is 0 Å². The number of carbonyl (C=O) groups is 1. The quantitative estimate of drug-likeness (QED) is 0.489. The molecule has 3 aromatic carbocycles. The number of hydrogen-bond donors (Lipinski definition) is 1. The van der Waals surface area contributed by atoms with Crippen LogP contribution >= 0.6 is 0 Å². The molecule has 1 N–H and O–H groups in total. The molecule has 7 nitrogen and oxygen atoms in total. The van der Waals surface area contributed by atoms with Crippen LogP contribution in [0, 0.1) is 13.8 Å². The molecule has 3 rings (SSSR count). The summed E-state index contributed by atoms with van der Waals surface area (Å²) >= 11 is 0. The molecule has 0 saturated carbocycles. The first-order valence-corrected chi connectivity index (χ1v) is 12.3. The molecular weight excluding hydrogens is 452 g/mol. The normalized spacial score (nSPS) is 12.0. The Morgan fingerprint density at radius 3 is 2.06 bits per heavy atom. The summed E-state index contributed by atoms with van der Waals surface area (Å²) < 4.78 is 38.9. The first kappa shape index (κ1) is 25.1. The van der Waals surface area contributed by atoms with Crippen LogP contribution in [0.1, 0.15) is 29.7 Å². The molecule has 0 spiro atoms.